The van der Waals surface area contributed by atoms with Crippen molar-refractivity contribution < 1.29 is 42.1 Å². The largest absolute Gasteiger partial charge is 0.494 e. The molecule has 2 atom stereocenters. The summed E-state index contributed by atoms with van der Waals surface area (Å²) in [5, 5.41) is 12.1. The van der Waals surface area contributed by atoms with Crippen LogP contribution in [0.2, 0.25) is 0 Å². The average Bonchev–Trinajstić information content (AvgIpc) is 3.09. The first kappa shape index (κ1) is 23.5. The van der Waals surface area contributed by atoms with Gasteiger partial charge in [-0.25, -0.2) is 4.79 Å². The number of benzene rings is 1. The normalized spacial score (nSPS) is 21.2. The van der Waals surface area contributed by atoms with E-state index < -0.39 is 55.1 Å². The van der Waals surface area contributed by atoms with E-state index in [1.54, 1.807) is 24.3 Å². The zero-order valence-electron chi connectivity index (χ0n) is 16.3. The first-order valence-electron chi connectivity index (χ1n) is 9.18. The lowest BCUT2D eigenvalue weighted by atomic mass is 10.00. The zero-order chi connectivity index (χ0) is 22.4. The Morgan fingerprint density at radius 2 is 1.93 bits per heavy atom. The number of nitrogens with one attached hydrogen (secondary N) is 1. The lowest BCUT2D eigenvalue weighted by Crippen LogP contribution is -2.49. The van der Waals surface area contributed by atoms with Crippen molar-refractivity contribution in [3.8, 4) is 5.75 Å². The van der Waals surface area contributed by atoms with Crippen molar-refractivity contribution in [2.24, 2.45) is 0 Å². The highest BCUT2D eigenvalue weighted by atomic mass is 19.4. The molecule has 0 spiro atoms. The number of amides is 2. The van der Waals surface area contributed by atoms with E-state index in [2.05, 4.69) is 10.1 Å². The molecule has 2 rings (SSSR count). The molecular formula is C19H23F3N2O6. The lowest BCUT2D eigenvalue weighted by molar-refractivity contribution is -0.254. The van der Waals surface area contributed by atoms with Crippen molar-refractivity contribution in [1.82, 2.24) is 10.2 Å². The van der Waals surface area contributed by atoms with Gasteiger partial charge in [0.25, 0.3) is 0 Å². The summed E-state index contributed by atoms with van der Waals surface area (Å²) in [6.07, 6.45) is -5.67. The van der Waals surface area contributed by atoms with Crippen molar-refractivity contribution >= 4 is 17.8 Å². The first-order valence-corrected chi connectivity index (χ1v) is 9.18. The van der Waals surface area contributed by atoms with Crippen LogP contribution in [0.15, 0.2) is 30.3 Å². The van der Waals surface area contributed by atoms with Gasteiger partial charge in [-0.3, -0.25) is 9.59 Å². The number of alkyl halides is 3. The average molecular weight is 432 g/mol. The molecule has 1 unspecified atom stereocenters. The standard InChI is InChI=1S/C19H23F3N2O6/c1-29-17(27)14-10-18(28,19(20,21)22)12-24(14)16(26)11-23-15(25)8-5-9-30-13-6-3-2-4-7-13/h2-4,6-7,14,28H,5,8-12H2,1H3,(H,23,25)/t14-,18?/m0/s1. The second-order valence-corrected chi connectivity index (χ2v) is 6.84. The fourth-order valence-corrected chi connectivity index (χ4v) is 3.00. The van der Waals surface area contributed by atoms with Gasteiger partial charge in [-0.1, -0.05) is 18.2 Å². The number of rotatable bonds is 8. The van der Waals surface area contributed by atoms with E-state index in [1.807, 2.05) is 6.07 Å². The van der Waals surface area contributed by atoms with E-state index in [9.17, 15) is 32.7 Å². The molecule has 8 nitrogen and oxygen atoms in total. The number of likely N-dealkylation sites (tertiary alicyclic amines) is 1. The Hall–Kier alpha value is -2.82. The Balaban J connectivity index is 1.83. The van der Waals surface area contributed by atoms with Crippen molar-refractivity contribution in [1.29, 1.82) is 0 Å². The molecule has 1 heterocycles. The van der Waals surface area contributed by atoms with E-state index >= 15 is 0 Å². The predicted octanol–water partition coefficient (Wildman–Crippen LogP) is 1.03. The smallest absolute Gasteiger partial charge is 0.419 e. The minimum absolute atomic E-state index is 0.0348. The molecule has 30 heavy (non-hydrogen) atoms. The van der Waals surface area contributed by atoms with Gasteiger partial charge < -0.3 is 24.8 Å². The van der Waals surface area contributed by atoms with Crippen LogP contribution in [0.3, 0.4) is 0 Å². The summed E-state index contributed by atoms with van der Waals surface area (Å²) in [6, 6.07) is 7.35. The molecule has 0 saturated carbocycles. The molecule has 1 aromatic rings. The number of ether oxygens (including phenoxy) is 2. The first-order chi connectivity index (χ1) is 14.1. The highest BCUT2D eigenvalue weighted by Gasteiger charge is 2.62. The molecule has 1 aliphatic heterocycles. The highest BCUT2D eigenvalue weighted by Crippen LogP contribution is 2.40. The van der Waals surface area contributed by atoms with Gasteiger partial charge in [-0.15, -0.1) is 0 Å². The molecule has 0 aromatic heterocycles. The quantitative estimate of drug-likeness (QED) is 0.470. The number of methoxy groups -OCH3 is 1. The molecule has 0 aliphatic carbocycles. The van der Waals surface area contributed by atoms with Crippen molar-refractivity contribution in [2.45, 2.75) is 37.1 Å². The fourth-order valence-electron chi connectivity index (χ4n) is 3.00. The van der Waals surface area contributed by atoms with Gasteiger partial charge in [0.15, 0.2) is 5.60 Å². The number of halogens is 3. The third-order valence-electron chi connectivity index (χ3n) is 4.66. The summed E-state index contributed by atoms with van der Waals surface area (Å²) in [7, 11) is 0.968. The summed E-state index contributed by atoms with van der Waals surface area (Å²) in [6.45, 7) is -1.46. The van der Waals surface area contributed by atoms with Gasteiger partial charge in [-0.2, -0.15) is 13.2 Å². The van der Waals surface area contributed by atoms with Gasteiger partial charge in [0, 0.05) is 12.8 Å². The Kier molecular flexibility index (Phi) is 7.65. The van der Waals surface area contributed by atoms with Gasteiger partial charge in [0.05, 0.1) is 26.8 Å². The maximum atomic E-state index is 13.1. The number of carbonyl (C=O) groups is 3. The molecule has 11 heteroatoms. The van der Waals surface area contributed by atoms with E-state index in [0.29, 0.717) is 17.1 Å². The van der Waals surface area contributed by atoms with Crippen LogP contribution in [0.4, 0.5) is 13.2 Å². The lowest BCUT2D eigenvalue weighted by Gasteiger charge is -2.26. The summed E-state index contributed by atoms with van der Waals surface area (Å²) in [5.74, 6) is -1.86. The van der Waals surface area contributed by atoms with E-state index in [4.69, 9.17) is 4.74 Å². The second kappa shape index (κ2) is 9.79. The zero-order valence-corrected chi connectivity index (χ0v) is 16.3. The number of aliphatic hydroxyl groups is 1. The van der Waals surface area contributed by atoms with Gasteiger partial charge in [0.2, 0.25) is 11.8 Å². The van der Waals surface area contributed by atoms with Crippen molar-refractivity contribution in [2.75, 3.05) is 26.8 Å². The number of para-hydroxylation sites is 1. The Morgan fingerprint density at radius 1 is 1.27 bits per heavy atom. The maximum Gasteiger partial charge on any atom is 0.419 e. The predicted molar refractivity (Wildman–Crippen MR) is 97.3 cm³/mol. The Labute approximate surface area is 170 Å². The summed E-state index contributed by atoms with van der Waals surface area (Å²) in [4.78, 5) is 36.5. The molecule has 166 valence electrons. The summed E-state index contributed by atoms with van der Waals surface area (Å²) in [5.41, 5.74) is -3.22. The maximum absolute atomic E-state index is 13.1. The fraction of sp³-hybridized carbons (Fsp3) is 0.526. The minimum Gasteiger partial charge on any atom is -0.494 e. The van der Waals surface area contributed by atoms with E-state index in [1.165, 1.54) is 0 Å². The van der Waals surface area contributed by atoms with Crippen LogP contribution in [-0.2, 0) is 19.1 Å². The van der Waals surface area contributed by atoms with E-state index in [0.717, 1.165) is 7.11 Å². The number of esters is 1. The molecule has 0 bridgehead atoms. The molecule has 1 fully saturated rings. The number of hydrogen-bond donors (Lipinski definition) is 2. The molecule has 2 amide bonds. The second-order valence-electron chi connectivity index (χ2n) is 6.84. The molecule has 0 radical (unpaired) electrons. The molecule has 2 N–H and O–H groups in total. The van der Waals surface area contributed by atoms with E-state index in [-0.39, 0.29) is 13.0 Å². The molecular weight excluding hydrogens is 409 g/mol. The molecule has 1 aromatic carbocycles. The van der Waals surface area contributed by atoms with Crippen LogP contribution in [0, 0.1) is 0 Å². The minimum atomic E-state index is -5.03. The highest BCUT2D eigenvalue weighted by molar-refractivity contribution is 5.89. The number of hydrogen-bond acceptors (Lipinski definition) is 6. The topological polar surface area (TPSA) is 105 Å². The summed E-state index contributed by atoms with van der Waals surface area (Å²) >= 11 is 0. The van der Waals surface area contributed by atoms with Gasteiger partial charge in [0.1, 0.15) is 11.8 Å². The molecule has 1 saturated heterocycles. The third-order valence-corrected chi connectivity index (χ3v) is 4.66. The van der Waals surface area contributed by atoms with Gasteiger partial charge in [-0.05, 0) is 18.6 Å². The monoisotopic (exact) mass is 432 g/mol. The third kappa shape index (κ3) is 5.85. The van der Waals surface area contributed by atoms with Crippen molar-refractivity contribution in [3.05, 3.63) is 30.3 Å². The Morgan fingerprint density at radius 3 is 2.53 bits per heavy atom. The van der Waals surface area contributed by atoms with Gasteiger partial charge >= 0.3 is 12.1 Å². The van der Waals surface area contributed by atoms with Crippen LogP contribution in [0.5, 0.6) is 5.75 Å². The van der Waals surface area contributed by atoms with Crippen LogP contribution in [-0.4, -0.2) is 72.4 Å². The SMILES string of the molecule is COC(=O)[C@@H]1CC(O)(C(F)(F)F)CN1C(=O)CNC(=O)CCCOc1ccccc1. The molecule has 1 aliphatic rings. The van der Waals surface area contributed by atoms with Crippen LogP contribution < -0.4 is 10.1 Å². The van der Waals surface area contributed by atoms with Crippen molar-refractivity contribution in [3.63, 3.8) is 0 Å². The number of nitrogens with zero attached hydrogens (tertiary/aromatic N) is 1. The van der Waals surface area contributed by atoms with Crippen LogP contribution in [0.1, 0.15) is 19.3 Å². The van der Waals surface area contributed by atoms with Crippen LogP contribution in [0.25, 0.3) is 0 Å². The number of carbonyl (C=O) groups excluding carboxylic acids is 3. The van der Waals surface area contributed by atoms with Crippen LogP contribution >= 0.6 is 0 Å². The summed E-state index contributed by atoms with van der Waals surface area (Å²) < 4.78 is 49.2. The Bertz CT molecular complexity index is 758. The number of β-amino-alcohol motifs (C(OH)–C–C–N with tert-alkyl or cyclic N) is 1.